The van der Waals surface area contributed by atoms with E-state index in [1.165, 1.54) is 0 Å². The van der Waals surface area contributed by atoms with Gasteiger partial charge in [0.2, 0.25) is 5.91 Å². The molecule has 2 rings (SSSR count). The third kappa shape index (κ3) is 2.80. The van der Waals surface area contributed by atoms with Crippen LogP contribution in [0.5, 0.6) is 0 Å². The van der Waals surface area contributed by atoms with Crippen LogP contribution in [-0.2, 0) is 4.79 Å². The molecule has 0 aliphatic carbocycles. The van der Waals surface area contributed by atoms with Gasteiger partial charge in [0, 0.05) is 18.8 Å². The second-order valence-electron chi connectivity index (χ2n) is 4.58. The summed E-state index contributed by atoms with van der Waals surface area (Å²) in [6.45, 7) is 4.01. The molecule has 0 aromatic heterocycles. The van der Waals surface area contributed by atoms with E-state index in [1.54, 1.807) is 12.1 Å². The summed E-state index contributed by atoms with van der Waals surface area (Å²) in [7, 11) is 0. The second kappa shape index (κ2) is 5.54. The molecule has 1 fully saturated rings. The summed E-state index contributed by atoms with van der Waals surface area (Å²) >= 11 is 0. The van der Waals surface area contributed by atoms with Crippen molar-refractivity contribution in [2.45, 2.75) is 19.8 Å². The molecule has 0 radical (unpaired) electrons. The highest BCUT2D eigenvalue weighted by Gasteiger charge is 2.17. The summed E-state index contributed by atoms with van der Waals surface area (Å²) in [5, 5.41) is 12.0. The Morgan fingerprint density at radius 1 is 1.44 bits per heavy atom. The van der Waals surface area contributed by atoms with Crippen molar-refractivity contribution in [3.05, 3.63) is 29.3 Å². The van der Waals surface area contributed by atoms with Crippen molar-refractivity contribution in [3.63, 3.8) is 0 Å². The Morgan fingerprint density at radius 2 is 2.17 bits per heavy atom. The average molecular weight is 243 g/mol. The van der Waals surface area contributed by atoms with Crippen molar-refractivity contribution >= 4 is 11.6 Å². The van der Waals surface area contributed by atoms with Crippen molar-refractivity contribution in [3.8, 4) is 6.07 Å². The zero-order valence-electron chi connectivity index (χ0n) is 10.6. The number of hydrogen-bond acceptors (Lipinski definition) is 3. The van der Waals surface area contributed by atoms with Gasteiger partial charge in [-0.2, -0.15) is 5.26 Å². The minimum absolute atomic E-state index is 0.134. The van der Waals surface area contributed by atoms with E-state index in [0.29, 0.717) is 12.1 Å². The molecule has 0 spiro atoms. The standard InChI is InChI=1S/C14H17N3O/c1-11-4-5-12(9-15)8-13(11)16-10-14(18)17-6-2-3-7-17/h4-5,8,16H,2-3,6-7,10H2,1H3. The van der Waals surface area contributed by atoms with Crippen LogP contribution >= 0.6 is 0 Å². The number of nitrogens with zero attached hydrogens (tertiary/aromatic N) is 2. The Kier molecular flexibility index (Phi) is 3.83. The molecule has 1 aromatic carbocycles. The first-order valence-corrected chi connectivity index (χ1v) is 6.23. The zero-order chi connectivity index (χ0) is 13.0. The summed E-state index contributed by atoms with van der Waals surface area (Å²) in [5.74, 6) is 0.134. The van der Waals surface area contributed by atoms with E-state index in [-0.39, 0.29) is 5.91 Å². The largest absolute Gasteiger partial charge is 0.376 e. The first-order valence-electron chi connectivity index (χ1n) is 6.23. The van der Waals surface area contributed by atoms with Gasteiger partial charge in [-0.05, 0) is 37.5 Å². The van der Waals surface area contributed by atoms with Crippen LogP contribution in [0.2, 0.25) is 0 Å². The number of likely N-dealkylation sites (tertiary alicyclic amines) is 1. The second-order valence-corrected chi connectivity index (χ2v) is 4.58. The van der Waals surface area contributed by atoms with Crippen molar-refractivity contribution in [2.24, 2.45) is 0 Å². The van der Waals surface area contributed by atoms with Crippen LogP contribution in [0.4, 0.5) is 5.69 Å². The topological polar surface area (TPSA) is 56.1 Å². The minimum atomic E-state index is 0.134. The first kappa shape index (κ1) is 12.4. The average Bonchev–Trinajstić information content (AvgIpc) is 2.91. The molecule has 1 heterocycles. The molecular formula is C14H17N3O. The molecule has 1 aliphatic rings. The van der Waals surface area contributed by atoms with Crippen LogP contribution in [0.25, 0.3) is 0 Å². The van der Waals surface area contributed by atoms with Crippen molar-refractivity contribution < 1.29 is 4.79 Å². The highest BCUT2D eigenvalue weighted by molar-refractivity contribution is 5.81. The molecule has 94 valence electrons. The summed E-state index contributed by atoms with van der Waals surface area (Å²) in [6, 6.07) is 7.56. The first-order chi connectivity index (χ1) is 8.70. The number of carbonyl (C=O) groups is 1. The van der Waals surface area contributed by atoms with E-state index in [4.69, 9.17) is 5.26 Å². The highest BCUT2D eigenvalue weighted by atomic mass is 16.2. The molecule has 1 aliphatic heterocycles. The van der Waals surface area contributed by atoms with E-state index in [1.807, 2.05) is 17.9 Å². The molecule has 0 unspecified atom stereocenters. The van der Waals surface area contributed by atoms with Gasteiger partial charge in [0.1, 0.15) is 0 Å². The lowest BCUT2D eigenvalue weighted by Gasteiger charge is -2.16. The number of rotatable bonds is 3. The molecule has 4 nitrogen and oxygen atoms in total. The maximum Gasteiger partial charge on any atom is 0.241 e. The summed E-state index contributed by atoms with van der Waals surface area (Å²) < 4.78 is 0. The fourth-order valence-electron chi connectivity index (χ4n) is 2.13. The van der Waals surface area contributed by atoms with E-state index in [0.717, 1.165) is 37.2 Å². The van der Waals surface area contributed by atoms with Gasteiger partial charge in [-0.25, -0.2) is 0 Å². The van der Waals surface area contributed by atoms with E-state index in [9.17, 15) is 4.79 Å². The lowest BCUT2D eigenvalue weighted by Crippen LogP contribution is -2.33. The fraction of sp³-hybridized carbons (Fsp3) is 0.429. The fourth-order valence-corrected chi connectivity index (χ4v) is 2.13. The van der Waals surface area contributed by atoms with Gasteiger partial charge in [0.15, 0.2) is 0 Å². The van der Waals surface area contributed by atoms with Gasteiger partial charge in [-0.1, -0.05) is 6.07 Å². The summed E-state index contributed by atoms with van der Waals surface area (Å²) in [4.78, 5) is 13.8. The summed E-state index contributed by atoms with van der Waals surface area (Å²) in [6.07, 6.45) is 2.21. The van der Waals surface area contributed by atoms with Gasteiger partial charge in [0.05, 0.1) is 18.2 Å². The smallest absolute Gasteiger partial charge is 0.241 e. The Hall–Kier alpha value is -2.02. The number of carbonyl (C=O) groups excluding carboxylic acids is 1. The maximum atomic E-state index is 11.9. The normalized spacial score (nSPS) is 14.3. The molecule has 18 heavy (non-hydrogen) atoms. The number of aryl methyl sites for hydroxylation is 1. The molecule has 0 atom stereocenters. The van der Waals surface area contributed by atoms with Crippen molar-refractivity contribution in [1.29, 1.82) is 5.26 Å². The van der Waals surface area contributed by atoms with Gasteiger partial charge < -0.3 is 10.2 Å². The SMILES string of the molecule is Cc1ccc(C#N)cc1NCC(=O)N1CCCC1. The van der Waals surface area contributed by atoms with E-state index >= 15 is 0 Å². The quantitative estimate of drug-likeness (QED) is 0.882. The maximum absolute atomic E-state index is 11.9. The minimum Gasteiger partial charge on any atom is -0.376 e. The Bertz CT molecular complexity index is 484. The van der Waals surface area contributed by atoms with Crippen molar-refractivity contribution in [1.82, 2.24) is 4.90 Å². The molecule has 1 saturated heterocycles. The number of anilines is 1. The molecule has 0 bridgehead atoms. The molecule has 1 amide bonds. The molecule has 1 aromatic rings. The van der Waals surface area contributed by atoms with Crippen molar-refractivity contribution in [2.75, 3.05) is 25.0 Å². The molecule has 1 N–H and O–H groups in total. The van der Waals surface area contributed by atoms with Crippen LogP contribution < -0.4 is 5.32 Å². The number of nitrogens with one attached hydrogen (secondary N) is 1. The lowest BCUT2D eigenvalue weighted by molar-refractivity contribution is -0.128. The molecule has 0 saturated carbocycles. The third-order valence-electron chi connectivity index (χ3n) is 3.26. The van der Waals surface area contributed by atoms with Crippen LogP contribution in [0, 0.1) is 18.3 Å². The third-order valence-corrected chi connectivity index (χ3v) is 3.26. The molecular weight excluding hydrogens is 226 g/mol. The van der Waals surface area contributed by atoms with Crippen LogP contribution in [0.1, 0.15) is 24.0 Å². The summed E-state index contributed by atoms with van der Waals surface area (Å²) in [5.41, 5.74) is 2.52. The van der Waals surface area contributed by atoms with Crippen LogP contribution in [-0.4, -0.2) is 30.4 Å². The number of nitriles is 1. The van der Waals surface area contributed by atoms with E-state index < -0.39 is 0 Å². The lowest BCUT2D eigenvalue weighted by atomic mass is 10.1. The van der Waals surface area contributed by atoms with Gasteiger partial charge in [-0.3, -0.25) is 4.79 Å². The Balaban J connectivity index is 1.97. The zero-order valence-corrected chi connectivity index (χ0v) is 10.6. The van der Waals surface area contributed by atoms with E-state index in [2.05, 4.69) is 11.4 Å². The monoisotopic (exact) mass is 243 g/mol. The van der Waals surface area contributed by atoms with Crippen LogP contribution in [0.3, 0.4) is 0 Å². The van der Waals surface area contributed by atoms with Gasteiger partial charge >= 0.3 is 0 Å². The van der Waals surface area contributed by atoms with Crippen LogP contribution in [0.15, 0.2) is 18.2 Å². The number of hydrogen-bond donors (Lipinski definition) is 1. The predicted octanol–water partition coefficient (Wildman–Crippen LogP) is 1.90. The number of amides is 1. The molecule has 4 heteroatoms. The highest BCUT2D eigenvalue weighted by Crippen LogP contribution is 2.16. The predicted molar refractivity (Wildman–Crippen MR) is 70.2 cm³/mol. The van der Waals surface area contributed by atoms with Gasteiger partial charge in [-0.15, -0.1) is 0 Å². The Morgan fingerprint density at radius 3 is 2.83 bits per heavy atom. The Labute approximate surface area is 107 Å². The van der Waals surface area contributed by atoms with Gasteiger partial charge in [0.25, 0.3) is 0 Å². The number of benzene rings is 1.